The molecule has 0 saturated carbocycles. The maximum Gasteiger partial charge on any atom is 0.243 e. The van der Waals surface area contributed by atoms with Gasteiger partial charge in [0.1, 0.15) is 0 Å². The minimum absolute atomic E-state index is 0.0385. The summed E-state index contributed by atoms with van der Waals surface area (Å²) in [4.78, 5) is 20.2. The van der Waals surface area contributed by atoms with Crippen LogP contribution in [-0.4, -0.2) is 32.6 Å². The molecule has 8 heteroatoms. The van der Waals surface area contributed by atoms with Crippen LogP contribution in [0.1, 0.15) is 0 Å². The predicted octanol–water partition coefficient (Wildman–Crippen LogP) is 2.57. The summed E-state index contributed by atoms with van der Waals surface area (Å²) in [5, 5.41) is 12.9. The van der Waals surface area contributed by atoms with Crippen molar-refractivity contribution in [2.24, 2.45) is 0 Å². The maximum atomic E-state index is 11.9. The van der Waals surface area contributed by atoms with Crippen molar-refractivity contribution in [3.05, 3.63) is 53.8 Å². The van der Waals surface area contributed by atoms with Crippen LogP contribution in [0.2, 0.25) is 5.02 Å². The first-order valence-electron chi connectivity index (χ1n) is 6.83. The van der Waals surface area contributed by atoms with Crippen LogP contribution in [0.3, 0.4) is 0 Å². The van der Waals surface area contributed by atoms with E-state index in [1.807, 2.05) is 12.1 Å². The standard InChI is InChI=1S/C15H13ClN6O/c16-11-4-1-5-12(7-11)19-13(23)9-18-15-20-14(21-22-15)10-3-2-6-17-8-10/h1-8H,9H2,(H,19,23)(H2,18,20,21,22). The van der Waals surface area contributed by atoms with Crippen molar-refractivity contribution in [2.75, 3.05) is 17.2 Å². The van der Waals surface area contributed by atoms with Gasteiger partial charge in [-0.1, -0.05) is 17.7 Å². The minimum Gasteiger partial charge on any atom is -0.344 e. The van der Waals surface area contributed by atoms with Crippen LogP contribution >= 0.6 is 11.6 Å². The van der Waals surface area contributed by atoms with E-state index in [0.717, 1.165) is 5.56 Å². The largest absolute Gasteiger partial charge is 0.344 e. The van der Waals surface area contributed by atoms with Crippen LogP contribution in [0.5, 0.6) is 0 Å². The van der Waals surface area contributed by atoms with Crippen LogP contribution < -0.4 is 10.6 Å². The number of aromatic amines is 1. The lowest BCUT2D eigenvalue weighted by Crippen LogP contribution is -2.22. The molecular weight excluding hydrogens is 316 g/mol. The number of halogens is 1. The summed E-state index contributed by atoms with van der Waals surface area (Å²) < 4.78 is 0. The Labute approximate surface area is 137 Å². The summed E-state index contributed by atoms with van der Waals surface area (Å²) in [7, 11) is 0. The molecule has 0 atom stereocenters. The molecule has 3 rings (SSSR count). The second-order valence-electron chi connectivity index (χ2n) is 4.66. The van der Waals surface area contributed by atoms with Crippen molar-refractivity contribution >= 4 is 29.1 Å². The lowest BCUT2D eigenvalue weighted by atomic mass is 10.3. The van der Waals surface area contributed by atoms with Crippen molar-refractivity contribution in [1.82, 2.24) is 20.2 Å². The lowest BCUT2D eigenvalue weighted by Gasteiger charge is -2.05. The van der Waals surface area contributed by atoms with Gasteiger partial charge in [-0.05, 0) is 30.3 Å². The molecule has 2 heterocycles. The van der Waals surface area contributed by atoms with Gasteiger partial charge in [-0.2, -0.15) is 4.98 Å². The van der Waals surface area contributed by atoms with E-state index in [-0.39, 0.29) is 12.5 Å². The molecule has 0 aliphatic carbocycles. The Morgan fingerprint density at radius 2 is 2.17 bits per heavy atom. The molecular formula is C15H13ClN6O. The number of hydrogen-bond donors (Lipinski definition) is 3. The van der Waals surface area contributed by atoms with E-state index in [1.165, 1.54) is 0 Å². The zero-order valence-electron chi connectivity index (χ0n) is 12.0. The third-order valence-electron chi connectivity index (χ3n) is 2.94. The fourth-order valence-electron chi connectivity index (χ4n) is 1.90. The zero-order chi connectivity index (χ0) is 16.1. The second kappa shape index (κ2) is 6.89. The summed E-state index contributed by atoms with van der Waals surface area (Å²) in [5.41, 5.74) is 1.45. The van der Waals surface area contributed by atoms with Gasteiger partial charge in [0.2, 0.25) is 11.9 Å². The van der Waals surface area contributed by atoms with E-state index < -0.39 is 0 Å². The van der Waals surface area contributed by atoms with E-state index in [4.69, 9.17) is 11.6 Å². The fraction of sp³-hybridized carbons (Fsp3) is 0.0667. The molecule has 0 spiro atoms. The lowest BCUT2D eigenvalue weighted by molar-refractivity contribution is -0.114. The number of H-pyrrole nitrogens is 1. The summed E-state index contributed by atoms with van der Waals surface area (Å²) in [6.45, 7) is 0.0385. The molecule has 0 unspecified atom stereocenters. The van der Waals surface area contributed by atoms with Crippen LogP contribution in [-0.2, 0) is 4.79 Å². The highest BCUT2D eigenvalue weighted by molar-refractivity contribution is 6.30. The molecule has 1 aromatic carbocycles. The zero-order valence-corrected chi connectivity index (χ0v) is 12.7. The summed E-state index contributed by atoms with van der Waals surface area (Å²) >= 11 is 5.87. The SMILES string of the molecule is O=C(CNc1n[nH]c(-c2cccnc2)n1)Nc1cccc(Cl)c1. The summed E-state index contributed by atoms with van der Waals surface area (Å²) in [6, 6.07) is 10.6. The van der Waals surface area contributed by atoms with Gasteiger partial charge in [0.15, 0.2) is 5.82 Å². The molecule has 0 fully saturated rings. The second-order valence-corrected chi connectivity index (χ2v) is 5.10. The average molecular weight is 329 g/mol. The van der Waals surface area contributed by atoms with Gasteiger partial charge in [0, 0.05) is 28.7 Å². The molecule has 2 aromatic heterocycles. The summed E-state index contributed by atoms with van der Waals surface area (Å²) in [6.07, 6.45) is 3.36. The van der Waals surface area contributed by atoms with E-state index in [9.17, 15) is 4.79 Å². The Bertz CT molecular complexity index is 804. The highest BCUT2D eigenvalue weighted by Gasteiger charge is 2.07. The Kier molecular flexibility index (Phi) is 4.49. The monoisotopic (exact) mass is 328 g/mol. The van der Waals surface area contributed by atoms with E-state index in [0.29, 0.717) is 22.5 Å². The maximum absolute atomic E-state index is 11.9. The number of amides is 1. The number of nitrogens with one attached hydrogen (secondary N) is 3. The fourth-order valence-corrected chi connectivity index (χ4v) is 2.09. The number of pyridine rings is 1. The van der Waals surface area contributed by atoms with Crippen LogP contribution in [0, 0.1) is 0 Å². The number of aromatic nitrogens is 4. The van der Waals surface area contributed by atoms with E-state index >= 15 is 0 Å². The number of benzene rings is 1. The predicted molar refractivity (Wildman–Crippen MR) is 88.2 cm³/mol. The van der Waals surface area contributed by atoms with Crippen molar-refractivity contribution in [3.8, 4) is 11.4 Å². The third-order valence-corrected chi connectivity index (χ3v) is 3.17. The molecule has 0 aliphatic rings. The van der Waals surface area contributed by atoms with Crippen LogP contribution in [0.4, 0.5) is 11.6 Å². The molecule has 1 amide bonds. The third kappa shape index (κ3) is 4.04. The van der Waals surface area contributed by atoms with Gasteiger partial charge in [-0.3, -0.25) is 14.9 Å². The Morgan fingerprint density at radius 3 is 2.96 bits per heavy atom. The molecule has 0 aliphatic heterocycles. The molecule has 0 saturated heterocycles. The number of rotatable bonds is 5. The molecule has 116 valence electrons. The topological polar surface area (TPSA) is 95.6 Å². The smallest absolute Gasteiger partial charge is 0.243 e. The molecule has 0 radical (unpaired) electrons. The number of hydrogen-bond acceptors (Lipinski definition) is 5. The highest BCUT2D eigenvalue weighted by atomic mass is 35.5. The molecule has 23 heavy (non-hydrogen) atoms. The molecule has 7 nitrogen and oxygen atoms in total. The van der Waals surface area contributed by atoms with Crippen molar-refractivity contribution < 1.29 is 4.79 Å². The Balaban J connectivity index is 1.56. The summed E-state index contributed by atoms with van der Waals surface area (Å²) in [5.74, 6) is 0.695. The first-order chi connectivity index (χ1) is 11.2. The minimum atomic E-state index is -0.222. The van der Waals surface area contributed by atoms with Gasteiger partial charge in [-0.25, -0.2) is 0 Å². The number of carbonyl (C=O) groups excluding carboxylic acids is 1. The number of nitrogens with zero attached hydrogens (tertiary/aromatic N) is 3. The van der Waals surface area contributed by atoms with Gasteiger partial charge in [0.25, 0.3) is 0 Å². The van der Waals surface area contributed by atoms with Gasteiger partial charge in [0.05, 0.1) is 6.54 Å². The highest BCUT2D eigenvalue weighted by Crippen LogP contribution is 2.15. The molecule has 3 N–H and O–H groups in total. The van der Waals surface area contributed by atoms with Gasteiger partial charge in [-0.15, -0.1) is 5.10 Å². The Morgan fingerprint density at radius 1 is 1.26 bits per heavy atom. The normalized spacial score (nSPS) is 10.3. The first-order valence-corrected chi connectivity index (χ1v) is 7.20. The quantitative estimate of drug-likeness (QED) is 0.669. The number of anilines is 2. The van der Waals surface area contributed by atoms with Crippen LogP contribution in [0.15, 0.2) is 48.8 Å². The average Bonchev–Trinajstić information content (AvgIpc) is 3.03. The van der Waals surface area contributed by atoms with Crippen molar-refractivity contribution in [3.63, 3.8) is 0 Å². The Hall–Kier alpha value is -2.93. The van der Waals surface area contributed by atoms with Gasteiger partial charge >= 0.3 is 0 Å². The van der Waals surface area contributed by atoms with Crippen molar-refractivity contribution in [2.45, 2.75) is 0 Å². The van der Waals surface area contributed by atoms with Gasteiger partial charge < -0.3 is 10.6 Å². The molecule has 3 aromatic rings. The van der Waals surface area contributed by atoms with Crippen molar-refractivity contribution in [1.29, 1.82) is 0 Å². The van der Waals surface area contributed by atoms with E-state index in [2.05, 4.69) is 30.8 Å². The van der Waals surface area contributed by atoms with E-state index in [1.54, 1.807) is 36.7 Å². The molecule has 0 bridgehead atoms. The van der Waals surface area contributed by atoms with Crippen LogP contribution in [0.25, 0.3) is 11.4 Å². The number of carbonyl (C=O) groups is 1. The first kappa shape index (κ1) is 15.0.